The maximum absolute atomic E-state index is 15.4. The molecule has 226 valence electrons. The van der Waals surface area contributed by atoms with Crippen LogP contribution in [0.25, 0.3) is 11.1 Å². The van der Waals surface area contributed by atoms with E-state index < -0.39 is 35.4 Å². The zero-order chi connectivity index (χ0) is 30.1. The number of rotatable bonds is 12. The maximum Gasteiger partial charge on any atom is 0.422 e. The Balaban J connectivity index is 1.41. The van der Waals surface area contributed by atoms with Gasteiger partial charge in [-0.3, -0.25) is 0 Å². The first-order chi connectivity index (χ1) is 20.2. The highest BCUT2D eigenvalue weighted by Gasteiger charge is 2.40. The number of hydrogen-bond donors (Lipinski definition) is 0. The molecule has 42 heavy (non-hydrogen) atoms. The lowest BCUT2D eigenvalue weighted by atomic mass is 9.91. The van der Waals surface area contributed by atoms with E-state index in [2.05, 4.69) is 13.8 Å². The second-order valence-corrected chi connectivity index (χ2v) is 10.7. The average Bonchev–Trinajstić information content (AvgIpc) is 2.98. The average molecular weight is 587 g/mol. The highest BCUT2D eigenvalue weighted by Crippen LogP contribution is 2.42. The lowest BCUT2D eigenvalue weighted by Gasteiger charge is -2.28. The van der Waals surface area contributed by atoms with Crippen molar-refractivity contribution in [1.82, 2.24) is 0 Å². The summed E-state index contributed by atoms with van der Waals surface area (Å²) in [4.78, 5) is 12.8. The number of alkyl halides is 3. The number of carbonyl (C=O) groups is 1. The summed E-state index contributed by atoms with van der Waals surface area (Å²) in [5.74, 6) is -2.50. The zero-order valence-electron chi connectivity index (χ0n) is 24.1. The number of ether oxygens (including phenoxy) is 3. The molecule has 2 unspecified atom stereocenters. The van der Waals surface area contributed by atoms with E-state index >= 15 is 4.39 Å². The number of carbonyl (C=O) groups excluding carboxylic acids is 1. The quantitative estimate of drug-likeness (QED) is 0.0918. The van der Waals surface area contributed by atoms with Crippen LogP contribution in [-0.4, -0.2) is 25.3 Å². The van der Waals surface area contributed by atoms with Crippen molar-refractivity contribution in [1.29, 1.82) is 0 Å². The summed E-state index contributed by atoms with van der Waals surface area (Å²) in [6.45, 7) is 5.07. The van der Waals surface area contributed by atoms with Gasteiger partial charge in [0.25, 0.3) is 0 Å². The Morgan fingerprint density at radius 3 is 2.24 bits per heavy atom. The molecule has 0 aliphatic carbocycles. The molecular weight excluding hydrogens is 548 g/mol. The van der Waals surface area contributed by atoms with Crippen molar-refractivity contribution < 1.29 is 36.6 Å². The summed E-state index contributed by atoms with van der Waals surface area (Å²) in [6.07, 6.45) is 0.797. The monoisotopic (exact) mass is 586 g/mol. The van der Waals surface area contributed by atoms with Gasteiger partial charge < -0.3 is 14.2 Å². The molecule has 0 spiro atoms. The molecule has 4 nitrogen and oxygen atoms in total. The van der Waals surface area contributed by atoms with Gasteiger partial charge >= 0.3 is 12.1 Å². The van der Waals surface area contributed by atoms with Crippen molar-refractivity contribution >= 4 is 5.97 Å². The van der Waals surface area contributed by atoms with E-state index in [1.807, 2.05) is 24.3 Å². The smallest absolute Gasteiger partial charge is 0.422 e. The summed E-state index contributed by atoms with van der Waals surface area (Å²) < 4.78 is 73.9. The van der Waals surface area contributed by atoms with Crippen LogP contribution in [0, 0.1) is 5.82 Å². The summed E-state index contributed by atoms with van der Waals surface area (Å²) in [6, 6.07) is 16.7. The largest absolute Gasteiger partial charge is 0.494 e. The lowest BCUT2D eigenvalue weighted by molar-refractivity contribution is -0.153. The molecule has 4 rings (SSSR count). The molecule has 3 aromatic rings. The van der Waals surface area contributed by atoms with Crippen LogP contribution < -0.4 is 9.47 Å². The van der Waals surface area contributed by atoms with Gasteiger partial charge in [0.2, 0.25) is 0 Å². The molecule has 0 bridgehead atoms. The Morgan fingerprint density at radius 1 is 0.905 bits per heavy atom. The topological polar surface area (TPSA) is 44.8 Å². The van der Waals surface area contributed by atoms with Gasteiger partial charge in [-0.05, 0) is 73.1 Å². The SMILES string of the molecule is CCCCCc1ccc(-c2ccc(OC(=O)C3CCC(c4ccc(OCCCC)cc4)CO3)c(C(F)(F)F)c2F)cc1. The molecule has 0 radical (unpaired) electrons. The molecule has 1 aliphatic rings. The standard InChI is InChI=1S/C34H38F4O4/c1-3-5-7-8-23-9-11-25(12-10-23)28-18-20-29(31(32(28)35)34(36,37)38)42-33(39)30-19-15-26(22-41-30)24-13-16-27(17-14-24)40-21-6-4-2/h9-14,16-18,20,26,30H,3-8,15,19,21-22H2,1-2H3. The third-order valence-corrected chi connectivity index (χ3v) is 7.59. The van der Waals surface area contributed by atoms with Gasteiger partial charge in [-0.25, -0.2) is 9.18 Å². The van der Waals surface area contributed by atoms with Gasteiger partial charge in [-0.15, -0.1) is 0 Å². The van der Waals surface area contributed by atoms with E-state index in [4.69, 9.17) is 14.2 Å². The number of esters is 1. The maximum atomic E-state index is 15.4. The van der Waals surface area contributed by atoms with E-state index in [0.29, 0.717) is 18.6 Å². The van der Waals surface area contributed by atoms with Crippen molar-refractivity contribution in [2.24, 2.45) is 0 Å². The fourth-order valence-electron chi connectivity index (χ4n) is 5.11. The highest BCUT2D eigenvalue weighted by atomic mass is 19.4. The molecule has 0 amide bonds. The van der Waals surface area contributed by atoms with Crippen molar-refractivity contribution in [3.8, 4) is 22.6 Å². The van der Waals surface area contributed by atoms with E-state index in [-0.39, 0.29) is 24.5 Å². The van der Waals surface area contributed by atoms with Gasteiger partial charge in [0.15, 0.2) is 6.10 Å². The van der Waals surface area contributed by atoms with Gasteiger partial charge in [-0.2, -0.15) is 13.2 Å². The number of benzene rings is 3. The van der Waals surface area contributed by atoms with Crippen LogP contribution in [0.1, 0.15) is 81.4 Å². The minimum Gasteiger partial charge on any atom is -0.494 e. The lowest BCUT2D eigenvalue weighted by Crippen LogP contribution is -2.35. The van der Waals surface area contributed by atoms with Crippen molar-refractivity contribution in [3.63, 3.8) is 0 Å². The van der Waals surface area contributed by atoms with Crippen molar-refractivity contribution in [2.45, 2.75) is 83.4 Å². The van der Waals surface area contributed by atoms with Gasteiger partial charge in [0.05, 0.1) is 13.2 Å². The van der Waals surface area contributed by atoms with Gasteiger partial charge in [-0.1, -0.05) is 69.5 Å². The van der Waals surface area contributed by atoms with Gasteiger partial charge in [0, 0.05) is 11.5 Å². The summed E-state index contributed by atoms with van der Waals surface area (Å²) in [5.41, 5.74) is 0.571. The molecular formula is C34H38F4O4. The van der Waals surface area contributed by atoms with E-state index in [1.54, 1.807) is 24.3 Å². The van der Waals surface area contributed by atoms with E-state index in [1.165, 1.54) is 6.07 Å². The zero-order valence-corrected chi connectivity index (χ0v) is 24.1. The van der Waals surface area contributed by atoms with Crippen LogP contribution >= 0.6 is 0 Å². The van der Waals surface area contributed by atoms with Crippen LogP contribution in [0.3, 0.4) is 0 Å². The van der Waals surface area contributed by atoms with E-state index in [9.17, 15) is 18.0 Å². The molecule has 2 atom stereocenters. The first-order valence-corrected chi connectivity index (χ1v) is 14.8. The third kappa shape index (κ3) is 8.12. The second-order valence-electron chi connectivity index (χ2n) is 10.7. The van der Waals surface area contributed by atoms with E-state index in [0.717, 1.165) is 61.5 Å². The third-order valence-electron chi connectivity index (χ3n) is 7.59. The number of halogens is 4. The van der Waals surface area contributed by atoms with Crippen LogP contribution in [0.15, 0.2) is 60.7 Å². The van der Waals surface area contributed by atoms with Crippen LogP contribution in [0.2, 0.25) is 0 Å². The fourth-order valence-corrected chi connectivity index (χ4v) is 5.11. The van der Waals surface area contributed by atoms with Crippen molar-refractivity contribution in [3.05, 3.63) is 83.2 Å². The Hall–Kier alpha value is -3.39. The normalized spacial score (nSPS) is 17.2. The summed E-state index contributed by atoms with van der Waals surface area (Å²) >= 11 is 0. The molecule has 8 heteroatoms. The first kappa shape index (κ1) is 31.5. The molecule has 1 aliphatic heterocycles. The number of unbranched alkanes of at least 4 members (excludes halogenated alkanes) is 3. The molecule has 1 saturated heterocycles. The Kier molecular flexibility index (Phi) is 11.0. The molecule has 0 saturated carbocycles. The van der Waals surface area contributed by atoms with Crippen LogP contribution in [-0.2, 0) is 22.1 Å². The Bertz CT molecular complexity index is 1290. The summed E-state index contributed by atoms with van der Waals surface area (Å²) in [5, 5.41) is 0. The predicted molar refractivity (Wildman–Crippen MR) is 154 cm³/mol. The minimum atomic E-state index is -5.07. The van der Waals surface area contributed by atoms with Gasteiger partial charge in [0.1, 0.15) is 22.9 Å². The Morgan fingerprint density at radius 2 is 1.62 bits per heavy atom. The van der Waals surface area contributed by atoms with Crippen LogP contribution in [0.4, 0.5) is 17.6 Å². The van der Waals surface area contributed by atoms with Crippen LogP contribution in [0.5, 0.6) is 11.5 Å². The number of aryl methyl sites for hydroxylation is 1. The molecule has 3 aromatic carbocycles. The fraction of sp³-hybridized carbons (Fsp3) is 0.441. The number of hydrogen-bond acceptors (Lipinski definition) is 4. The molecule has 1 heterocycles. The van der Waals surface area contributed by atoms with Crippen molar-refractivity contribution in [2.75, 3.05) is 13.2 Å². The molecule has 0 N–H and O–H groups in total. The molecule has 0 aromatic heterocycles. The summed E-state index contributed by atoms with van der Waals surface area (Å²) in [7, 11) is 0. The highest BCUT2D eigenvalue weighted by molar-refractivity contribution is 5.78. The minimum absolute atomic E-state index is 0.0271. The molecule has 1 fully saturated rings. The predicted octanol–water partition coefficient (Wildman–Crippen LogP) is 9.29. The first-order valence-electron chi connectivity index (χ1n) is 14.8. The second kappa shape index (κ2) is 14.7. The Labute approximate surface area is 245 Å².